The van der Waals surface area contributed by atoms with E-state index in [9.17, 15) is 4.79 Å². The van der Waals surface area contributed by atoms with Gasteiger partial charge in [0.05, 0.1) is 0 Å². The third kappa shape index (κ3) is 5.28. The van der Waals surface area contributed by atoms with Crippen LogP contribution in [0.25, 0.3) is 0 Å². The van der Waals surface area contributed by atoms with Gasteiger partial charge in [0.2, 0.25) is 0 Å². The van der Waals surface area contributed by atoms with Crippen LogP contribution in [0.4, 0.5) is 5.69 Å². The van der Waals surface area contributed by atoms with Crippen LogP contribution in [0.5, 0.6) is 0 Å². The van der Waals surface area contributed by atoms with Crippen LogP contribution in [0.15, 0.2) is 23.1 Å². The molecule has 0 radical (unpaired) electrons. The summed E-state index contributed by atoms with van der Waals surface area (Å²) >= 11 is 1.88. The molecule has 1 rings (SSSR count). The van der Waals surface area contributed by atoms with Crippen LogP contribution in [-0.4, -0.2) is 41.1 Å². The van der Waals surface area contributed by atoms with Gasteiger partial charge in [0.1, 0.15) is 0 Å². The molecule has 1 aromatic rings. The van der Waals surface area contributed by atoms with Gasteiger partial charge in [-0.2, -0.15) is 11.8 Å². The van der Waals surface area contributed by atoms with E-state index in [0.29, 0.717) is 11.7 Å². The lowest BCUT2D eigenvalue weighted by Gasteiger charge is -2.26. The molecule has 1 aromatic heterocycles. The number of rotatable bonds is 8. The molecule has 0 fully saturated rings. The van der Waals surface area contributed by atoms with Gasteiger partial charge in [-0.3, -0.25) is 4.79 Å². The molecule has 1 heterocycles. The molecule has 0 saturated carbocycles. The Morgan fingerprint density at radius 3 is 2.84 bits per heavy atom. The average Bonchev–Trinajstić information content (AvgIpc) is 2.39. The molecule has 108 valence electrons. The second kappa shape index (κ2) is 8.27. The molecule has 1 unspecified atom stereocenters. The predicted molar refractivity (Wildman–Crippen MR) is 84.8 cm³/mol. The number of anilines is 1. The molecular formula is C14H25N3OS. The van der Waals surface area contributed by atoms with Crippen LogP contribution >= 0.6 is 11.8 Å². The number of nitrogens with zero attached hydrogens (tertiary/aromatic N) is 2. The third-order valence-electron chi connectivity index (χ3n) is 3.37. The first-order chi connectivity index (χ1) is 9.08. The maximum Gasteiger partial charge on any atom is 0.250 e. The molecule has 0 aromatic carbocycles. The number of aryl methyl sites for hydroxylation is 1. The number of pyridine rings is 1. The van der Waals surface area contributed by atoms with Crippen molar-refractivity contribution in [2.75, 3.05) is 31.3 Å². The highest BCUT2D eigenvalue weighted by Gasteiger charge is 2.11. The molecule has 4 nitrogen and oxygen atoms in total. The highest BCUT2D eigenvalue weighted by molar-refractivity contribution is 7.98. The number of hydrogen-bond donors (Lipinski definition) is 1. The molecule has 1 atom stereocenters. The van der Waals surface area contributed by atoms with Crippen molar-refractivity contribution >= 4 is 17.4 Å². The Morgan fingerprint density at radius 2 is 2.21 bits per heavy atom. The molecule has 2 N–H and O–H groups in total. The lowest BCUT2D eigenvalue weighted by Crippen LogP contribution is -2.34. The Labute approximate surface area is 120 Å². The molecule has 0 spiro atoms. The minimum atomic E-state index is 0.0213. The first-order valence-corrected chi connectivity index (χ1v) is 8.13. The smallest absolute Gasteiger partial charge is 0.250 e. The number of hydrogen-bond acceptors (Lipinski definition) is 4. The highest BCUT2D eigenvalue weighted by Crippen LogP contribution is 2.09. The van der Waals surface area contributed by atoms with E-state index in [2.05, 4.69) is 25.1 Å². The van der Waals surface area contributed by atoms with Gasteiger partial charge in [-0.25, -0.2) is 0 Å². The van der Waals surface area contributed by atoms with E-state index in [1.807, 2.05) is 11.8 Å². The van der Waals surface area contributed by atoms with Crippen molar-refractivity contribution in [3.8, 4) is 0 Å². The summed E-state index contributed by atoms with van der Waals surface area (Å²) in [6.07, 6.45) is 5.99. The summed E-state index contributed by atoms with van der Waals surface area (Å²) < 4.78 is 1.69. The zero-order valence-electron chi connectivity index (χ0n) is 12.1. The van der Waals surface area contributed by atoms with Crippen LogP contribution in [0, 0.1) is 0 Å². The molecule has 0 saturated heterocycles. The van der Waals surface area contributed by atoms with Gasteiger partial charge >= 0.3 is 0 Å². The quantitative estimate of drug-likeness (QED) is 0.791. The molecule has 0 aliphatic carbocycles. The van der Waals surface area contributed by atoms with Crippen LogP contribution in [0.3, 0.4) is 0 Å². The molecule has 5 heteroatoms. The Balaban J connectivity index is 2.45. The Morgan fingerprint density at radius 1 is 1.47 bits per heavy atom. The van der Waals surface area contributed by atoms with Crippen molar-refractivity contribution in [2.45, 2.75) is 32.4 Å². The molecule has 0 aliphatic rings. The molecule has 0 amide bonds. The maximum absolute atomic E-state index is 11.6. The normalized spacial score (nSPS) is 12.8. The molecule has 19 heavy (non-hydrogen) atoms. The zero-order chi connectivity index (χ0) is 14.3. The fraction of sp³-hybridized carbons (Fsp3) is 0.643. The number of thioether (sulfide) groups is 1. The summed E-state index contributed by atoms with van der Waals surface area (Å²) in [6.45, 7) is 3.95. The SMILES string of the molecule is CCC(CSC)N(C)CCCn1cc(N)ccc1=O. The van der Waals surface area contributed by atoms with E-state index >= 15 is 0 Å². The second-order valence-corrected chi connectivity index (χ2v) is 5.76. The number of nitrogen functional groups attached to an aromatic ring is 1. The van der Waals surface area contributed by atoms with Crippen molar-refractivity contribution in [3.05, 3.63) is 28.7 Å². The van der Waals surface area contributed by atoms with E-state index in [4.69, 9.17) is 5.73 Å². The van der Waals surface area contributed by atoms with Crippen molar-refractivity contribution in [2.24, 2.45) is 0 Å². The molecular weight excluding hydrogens is 258 g/mol. The Kier molecular flexibility index (Phi) is 7.02. The predicted octanol–water partition coefficient (Wildman–Crippen LogP) is 1.89. The maximum atomic E-state index is 11.6. The summed E-state index contributed by atoms with van der Waals surface area (Å²) in [5.74, 6) is 1.16. The minimum absolute atomic E-state index is 0.0213. The summed E-state index contributed by atoms with van der Waals surface area (Å²) in [4.78, 5) is 14.0. The molecule has 0 bridgehead atoms. The van der Waals surface area contributed by atoms with Crippen molar-refractivity contribution in [1.82, 2.24) is 9.47 Å². The average molecular weight is 283 g/mol. The van der Waals surface area contributed by atoms with E-state index in [0.717, 1.165) is 31.7 Å². The highest BCUT2D eigenvalue weighted by atomic mass is 32.2. The number of aromatic nitrogens is 1. The first-order valence-electron chi connectivity index (χ1n) is 6.73. The van der Waals surface area contributed by atoms with Gasteiger partial charge in [-0.15, -0.1) is 0 Å². The monoisotopic (exact) mass is 283 g/mol. The zero-order valence-corrected chi connectivity index (χ0v) is 12.9. The standard InChI is InChI=1S/C14H25N3OS/c1-4-13(11-19-3)16(2)8-5-9-17-10-12(15)6-7-14(17)18/h6-7,10,13H,4-5,8-9,11,15H2,1-3H3. The summed E-state index contributed by atoms with van der Waals surface area (Å²) in [7, 11) is 2.16. The summed E-state index contributed by atoms with van der Waals surface area (Å²) in [6, 6.07) is 3.80. The largest absolute Gasteiger partial charge is 0.398 e. The first kappa shape index (κ1) is 16.1. The van der Waals surface area contributed by atoms with Gasteiger partial charge in [-0.1, -0.05) is 6.92 Å². The number of nitrogens with two attached hydrogens (primary N) is 1. The van der Waals surface area contributed by atoms with E-state index in [1.165, 1.54) is 6.07 Å². The Bertz CT molecular complexity index is 433. The van der Waals surface area contributed by atoms with Crippen LogP contribution in [0.1, 0.15) is 19.8 Å². The lowest BCUT2D eigenvalue weighted by atomic mass is 10.2. The minimum Gasteiger partial charge on any atom is -0.398 e. The van der Waals surface area contributed by atoms with Crippen molar-refractivity contribution in [3.63, 3.8) is 0 Å². The summed E-state index contributed by atoms with van der Waals surface area (Å²) in [5, 5.41) is 0. The van der Waals surface area contributed by atoms with Crippen LogP contribution in [-0.2, 0) is 6.54 Å². The molecule has 0 aliphatic heterocycles. The summed E-state index contributed by atoms with van der Waals surface area (Å²) in [5.41, 5.74) is 6.36. The van der Waals surface area contributed by atoms with Gasteiger partial charge in [-0.05, 0) is 38.8 Å². The fourth-order valence-electron chi connectivity index (χ4n) is 2.15. The van der Waals surface area contributed by atoms with E-state index in [-0.39, 0.29) is 5.56 Å². The van der Waals surface area contributed by atoms with Crippen molar-refractivity contribution < 1.29 is 0 Å². The Hall–Kier alpha value is -0.940. The van der Waals surface area contributed by atoms with Gasteiger partial charge < -0.3 is 15.2 Å². The lowest BCUT2D eigenvalue weighted by molar-refractivity contribution is 0.248. The van der Waals surface area contributed by atoms with E-state index in [1.54, 1.807) is 16.8 Å². The van der Waals surface area contributed by atoms with Crippen LogP contribution in [0.2, 0.25) is 0 Å². The van der Waals surface area contributed by atoms with Crippen LogP contribution < -0.4 is 11.3 Å². The fourth-order valence-corrected chi connectivity index (χ4v) is 3.02. The third-order valence-corrected chi connectivity index (χ3v) is 4.09. The topological polar surface area (TPSA) is 51.3 Å². The van der Waals surface area contributed by atoms with Crippen molar-refractivity contribution in [1.29, 1.82) is 0 Å². The van der Waals surface area contributed by atoms with E-state index < -0.39 is 0 Å². The van der Waals surface area contributed by atoms with Gasteiger partial charge in [0.15, 0.2) is 0 Å². The van der Waals surface area contributed by atoms with Gasteiger partial charge in [0, 0.05) is 36.3 Å². The second-order valence-electron chi connectivity index (χ2n) is 4.85. The van der Waals surface area contributed by atoms with Gasteiger partial charge in [0.25, 0.3) is 5.56 Å².